The summed E-state index contributed by atoms with van der Waals surface area (Å²) < 4.78 is 38.6. The van der Waals surface area contributed by atoms with E-state index in [-0.39, 0.29) is 26.4 Å². The maximum absolute atomic E-state index is 10.8. The first kappa shape index (κ1) is 14.7. The topological polar surface area (TPSA) is 89.5 Å². The van der Waals surface area contributed by atoms with E-state index in [1.54, 1.807) is 0 Å². The zero-order valence-electron chi connectivity index (χ0n) is 8.50. The van der Waals surface area contributed by atoms with Crippen LogP contribution >= 0.6 is 0 Å². The quantitative estimate of drug-likeness (QED) is 0.287. The van der Waals surface area contributed by atoms with Gasteiger partial charge in [-0.3, -0.25) is 0 Å². The van der Waals surface area contributed by atoms with Gasteiger partial charge in [0.2, 0.25) is 0 Å². The number of ether oxygens (including phenoxy) is 2. The second-order valence-electron chi connectivity index (χ2n) is 2.17. The molecule has 0 fully saturated rings. The van der Waals surface area contributed by atoms with E-state index < -0.39 is 10.4 Å². The fourth-order valence-electron chi connectivity index (χ4n) is 0.432. The molecule has 0 aromatic heterocycles. The lowest BCUT2D eigenvalue weighted by atomic mass is 10.8. The molecular formula is C6H14O8S. The SMILES string of the molecule is COCCOOS(=O)(=O)OOCCOC. The summed E-state index contributed by atoms with van der Waals surface area (Å²) in [5.41, 5.74) is 0. The summed E-state index contributed by atoms with van der Waals surface area (Å²) in [4.78, 5) is 8.49. The normalized spacial score (nSPS) is 11.9. The predicted molar refractivity (Wildman–Crippen MR) is 46.7 cm³/mol. The molecular weight excluding hydrogens is 232 g/mol. The fourth-order valence-corrected chi connectivity index (χ4v) is 0.826. The van der Waals surface area contributed by atoms with E-state index in [2.05, 4.69) is 27.9 Å². The van der Waals surface area contributed by atoms with Crippen molar-refractivity contribution in [3.8, 4) is 0 Å². The smallest absolute Gasteiger partial charge is 0.382 e. The Morgan fingerprint density at radius 1 is 0.800 bits per heavy atom. The number of methoxy groups -OCH3 is 2. The second-order valence-corrected chi connectivity index (χ2v) is 3.26. The zero-order valence-corrected chi connectivity index (χ0v) is 9.32. The van der Waals surface area contributed by atoms with E-state index in [4.69, 9.17) is 0 Å². The summed E-state index contributed by atoms with van der Waals surface area (Å²) in [5, 5.41) is 0. The lowest BCUT2D eigenvalue weighted by molar-refractivity contribution is -0.263. The molecule has 0 heterocycles. The van der Waals surface area contributed by atoms with Gasteiger partial charge in [-0.05, 0) is 0 Å². The van der Waals surface area contributed by atoms with Crippen molar-refractivity contribution in [2.24, 2.45) is 0 Å². The Bertz CT molecular complexity index is 207. The molecule has 0 unspecified atom stereocenters. The van der Waals surface area contributed by atoms with Crippen LogP contribution in [0.1, 0.15) is 0 Å². The molecule has 0 amide bonds. The molecule has 0 aromatic carbocycles. The van der Waals surface area contributed by atoms with Crippen LogP contribution in [0.4, 0.5) is 0 Å². The van der Waals surface area contributed by atoms with Gasteiger partial charge in [0, 0.05) is 14.2 Å². The molecule has 0 aromatic rings. The largest absolute Gasteiger partial charge is 0.453 e. The first-order valence-electron chi connectivity index (χ1n) is 3.97. The molecule has 9 heteroatoms. The average Bonchev–Trinajstić information content (AvgIpc) is 2.20. The van der Waals surface area contributed by atoms with Crippen molar-refractivity contribution in [2.45, 2.75) is 0 Å². The molecule has 15 heavy (non-hydrogen) atoms. The summed E-state index contributed by atoms with van der Waals surface area (Å²) in [6.45, 7) is 0.300. The van der Waals surface area contributed by atoms with Gasteiger partial charge in [0.05, 0.1) is 13.2 Å². The van der Waals surface area contributed by atoms with Crippen molar-refractivity contribution in [3.63, 3.8) is 0 Å². The van der Waals surface area contributed by atoms with Crippen LogP contribution in [-0.2, 0) is 38.3 Å². The summed E-state index contributed by atoms with van der Waals surface area (Å²) in [7, 11) is -1.43. The first-order chi connectivity index (χ1) is 7.12. The molecule has 0 saturated carbocycles. The van der Waals surface area contributed by atoms with Crippen LogP contribution in [0.25, 0.3) is 0 Å². The Morgan fingerprint density at radius 3 is 1.53 bits per heavy atom. The van der Waals surface area contributed by atoms with E-state index in [9.17, 15) is 8.42 Å². The fraction of sp³-hybridized carbons (Fsp3) is 1.00. The Morgan fingerprint density at radius 2 is 1.20 bits per heavy atom. The third-order valence-electron chi connectivity index (χ3n) is 1.00. The number of rotatable bonds is 10. The van der Waals surface area contributed by atoms with Gasteiger partial charge in [0.25, 0.3) is 0 Å². The monoisotopic (exact) mass is 246 g/mol. The van der Waals surface area contributed by atoms with Crippen molar-refractivity contribution in [2.75, 3.05) is 40.6 Å². The van der Waals surface area contributed by atoms with Gasteiger partial charge in [-0.1, -0.05) is 8.67 Å². The van der Waals surface area contributed by atoms with Gasteiger partial charge in [-0.2, -0.15) is 8.42 Å². The molecule has 0 rings (SSSR count). The van der Waals surface area contributed by atoms with E-state index in [0.29, 0.717) is 0 Å². The highest BCUT2D eigenvalue weighted by molar-refractivity contribution is 7.81. The molecule has 0 spiro atoms. The molecule has 0 aliphatic heterocycles. The van der Waals surface area contributed by atoms with Crippen LogP contribution in [0.3, 0.4) is 0 Å². The van der Waals surface area contributed by atoms with Gasteiger partial charge < -0.3 is 9.47 Å². The molecule has 0 bridgehead atoms. The lowest BCUT2D eigenvalue weighted by Gasteiger charge is -2.03. The highest BCUT2D eigenvalue weighted by Crippen LogP contribution is 1.97. The molecule has 0 saturated heterocycles. The van der Waals surface area contributed by atoms with E-state index in [1.807, 2.05) is 0 Å². The number of hydrogen-bond donors (Lipinski definition) is 0. The Balaban J connectivity index is 3.50. The van der Waals surface area contributed by atoms with Crippen molar-refractivity contribution < 1.29 is 36.3 Å². The van der Waals surface area contributed by atoms with Crippen molar-refractivity contribution >= 4 is 10.4 Å². The standard InChI is InChI=1S/C6H14O8S/c1-9-3-5-11-13-15(7,8)14-12-6-4-10-2/h3-6H2,1-2H3. The lowest BCUT2D eigenvalue weighted by Crippen LogP contribution is -2.14. The summed E-state index contributed by atoms with van der Waals surface area (Å²) in [6, 6.07) is 0. The van der Waals surface area contributed by atoms with Gasteiger partial charge >= 0.3 is 10.4 Å². The third kappa shape index (κ3) is 10.0. The predicted octanol–water partition coefficient (Wildman–Crippen LogP) is -0.580. The second kappa shape index (κ2) is 8.97. The molecule has 0 aliphatic carbocycles. The maximum atomic E-state index is 10.8. The maximum Gasteiger partial charge on any atom is 0.453 e. The third-order valence-corrected chi connectivity index (χ3v) is 1.53. The van der Waals surface area contributed by atoms with Crippen molar-refractivity contribution in [1.82, 2.24) is 0 Å². The van der Waals surface area contributed by atoms with Crippen LogP contribution in [-0.4, -0.2) is 49.1 Å². The van der Waals surface area contributed by atoms with Gasteiger partial charge in [-0.25, -0.2) is 9.78 Å². The molecule has 8 nitrogen and oxygen atoms in total. The highest BCUT2D eigenvalue weighted by Gasteiger charge is 2.14. The minimum atomic E-state index is -4.30. The minimum Gasteiger partial charge on any atom is -0.382 e. The molecule has 92 valence electrons. The minimum absolute atomic E-state index is 0.0445. The van der Waals surface area contributed by atoms with Crippen LogP contribution in [0.2, 0.25) is 0 Å². The first-order valence-corrected chi connectivity index (χ1v) is 5.30. The highest BCUT2D eigenvalue weighted by atomic mass is 32.3. The molecule has 0 atom stereocenters. The molecule has 0 aliphatic rings. The van der Waals surface area contributed by atoms with Gasteiger partial charge in [-0.15, -0.1) is 0 Å². The van der Waals surface area contributed by atoms with Crippen molar-refractivity contribution in [3.05, 3.63) is 0 Å². The Hall–Kier alpha value is -0.290. The molecule has 0 N–H and O–H groups in total. The number of hydrogen-bond acceptors (Lipinski definition) is 8. The summed E-state index contributed by atoms with van der Waals surface area (Å²) in [6.07, 6.45) is 0. The van der Waals surface area contributed by atoms with E-state index in [0.717, 1.165) is 0 Å². The van der Waals surface area contributed by atoms with E-state index >= 15 is 0 Å². The van der Waals surface area contributed by atoms with Crippen LogP contribution in [0, 0.1) is 0 Å². The van der Waals surface area contributed by atoms with Gasteiger partial charge in [0.15, 0.2) is 0 Å². The van der Waals surface area contributed by atoms with Crippen LogP contribution < -0.4 is 0 Å². The summed E-state index contributed by atoms with van der Waals surface area (Å²) >= 11 is 0. The molecule has 0 radical (unpaired) electrons. The van der Waals surface area contributed by atoms with Crippen LogP contribution in [0.5, 0.6) is 0 Å². The van der Waals surface area contributed by atoms with Gasteiger partial charge in [0.1, 0.15) is 13.2 Å². The van der Waals surface area contributed by atoms with E-state index in [1.165, 1.54) is 14.2 Å². The summed E-state index contributed by atoms with van der Waals surface area (Å²) in [5.74, 6) is 0. The Labute approximate surface area is 88.1 Å². The van der Waals surface area contributed by atoms with Crippen LogP contribution in [0.15, 0.2) is 0 Å². The average molecular weight is 246 g/mol. The zero-order chi connectivity index (χ0) is 11.6. The Kier molecular flexibility index (Phi) is 8.80. The van der Waals surface area contributed by atoms with Crippen molar-refractivity contribution in [1.29, 1.82) is 0 Å².